The lowest BCUT2D eigenvalue weighted by Gasteiger charge is -2.07. The average Bonchev–Trinajstić information content (AvgIpc) is 2.85. The van der Waals surface area contributed by atoms with Crippen LogP contribution >= 0.6 is 31.9 Å². The molecule has 0 aliphatic rings. The minimum Gasteiger partial charge on any atom is -0.382 e. The van der Waals surface area contributed by atoms with Gasteiger partial charge in [0.15, 0.2) is 5.82 Å². The van der Waals surface area contributed by atoms with Crippen LogP contribution in [0.2, 0.25) is 0 Å². The molecule has 6 heteroatoms. The zero-order chi connectivity index (χ0) is 15.0. The first kappa shape index (κ1) is 14.3. The number of H-pyrrole nitrogens is 1. The fourth-order valence-corrected chi connectivity index (χ4v) is 2.79. The van der Waals surface area contributed by atoms with Gasteiger partial charge in [0.05, 0.1) is 15.7 Å². The van der Waals surface area contributed by atoms with Crippen LogP contribution in [-0.4, -0.2) is 10.2 Å². The van der Waals surface area contributed by atoms with Gasteiger partial charge in [0.25, 0.3) is 0 Å². The third-order valence-corrected chi connectivity index (χ3v) is 4.29. The van der Waals surface area contributed by atoms with Crippen LogP contribution < -0.4 is 5.73 Å². The van der Waals surface area contributed by atoms with Gasteiger partial charge in [-0.3, -0.25) is 5.10 Å². The van der Waals surface area contributed by atoms with Crippen LogP contribution in [0.15, 0.2) is 51.4 Å². The van der Waals surface area contributed by atoms with Crippen molar-refractivity contribution in [1.29, 1.82) is 0 Å². The third-order valence-electron chi connectivity index (χ3n) is 3.15. The van der Waals surface area contributed by atoms with Gasteiger partial charge in [-0.2, -0.15) is 5.10 Å². The van der Waals surface area contributed by atoms with Gasteiger partial charge in [-0.1, -0.05) is 34.1 Å². The van der Waals surface area contributed by atoms with E-state index in [1.54, 1.807) is 18.2 Å². The van der Waals surface area contributed by atoms with E-state index < -0.39 is 0 Å². The summed E-state index contributed by atoms with van der Waals surface area (Å²) in [5.41, 5.74) is 8.50. The van der Waals surface area contributed by atoms with E-state index >= 15 is 0 Å². The summed E-state index contributed by atoms with van der Waals surface area (Å²) < 4.78 is 15.7. The Hall–Kier alpha value is -1.66. The molecule has 1 heterocycles. The Balaban J connectivity index is 2.22. The first-order valence-electron chi connectivity index (χ1n) is 6.12. The highest BCUT2D eigenvalue weighted by atomic mass is 79.9. The second-order valence-electron chi connectivity index (χ2n) is 4.47. The number of aromatic nitrogens is 2. The van der Waals surface area contributed by atoms with Crippen molar-refractivity contribution >= 4 is 37.7 Å². The van der Waals surface area contributed by atoms with E-state index in [2.05, 4.69) is 42.1 Å². The van der Waals surface area contributed by atoms with Crippen molar-refractivity contribution < 1.29 is 4.39 Å². The number of hydrogen-bond acceptors (Lipinski definition) is 2. The lowest BCUT2D eigenvalue weighted by Crippen LogP contribution is -1.91. The Morgan fingerprint density at radius 3 is 2.48 bits per heavy atom. The van der Waals surface area contributed by atoms with E-state index in [1.165, 1.54) is 0 Å². The maximum absolute atomic E-state index is 14.3. The predicted molar refractivity (Wildman–Crippen MR) is 89.2 cm³/mol. The van der Waals surface area contributed by atoms with E-state index in [1.807, 2.05) is 24.3 Å². The van der Waals surface area contributed by atoms with Gasteiger partial charge >= 0.3 is 0 Å². The Labute approximate surface area is 137 Å². The number of aromatic amines is 1. The molecule has 0 aliphatic heterocycles. The smallest absolute Gasteiger partial charge is 0.153 e. The summed E-state index contributed by atoms with van der Waals surface area (Å²) >= 11 is 6.58. The van der Waals surface area contributed by atoms with E-state index in [4.69, 9.17) is 5.73 Å². The minimum absolute atomic E-state index is 0.340. The highest BCUT2D eigenvalue weighted by Gasteiger charge is 2.18. The third kappa shape index (κ3) is 2.61. The van der Waals surface area contributed by atoms with Crippen LogP contribution in [0.5, 0.6) is 0 Å². The van der Waals surface area contributed by atoms with Crippen molar-refractivity contribution in [2.24, 2.45) is 0 Å². The van der Waals surface area contributed by atoms with Crippen molar-refractivity contribution in [3.05, 3.63) is 57.2 Å². The summed E-state index contributed by atoms with van der Waals surface area (Å²) in [5, 5.41) is 6.85. The van der Waals surface area contributed by atoms with E-state index in [9.17, 15) is 4.39 Å². The molecule has 0 fully saturated rings. The van der Waals surface area contributed by atoms with Gasteiger partial charge in [0.1, 0.15) is 5.82 Å². The van der Waals surface area contributed by atoms with Crippen LogP contribution in [0, 0.1) is 5.82 Å². The second kappa shape index (κ2) is 5.61. The molecular formula is C15H10Br2FN3. The first-order valence-corrected chi connectivity index (χ1v) is 7.70. The van der Waals surface area contributed by atoms with Crippen molar-refractivity contribution in [3.8, 4) is 22.4 Å². The Kier molecular flexibility index (Phi) is 3.82. The SMILES string of the molecule is Nc1n[nH]c(-c2cccc(Br)c2F)c1-c1ccc(Br)cc1. The van der Waals surface area contributed by atoms with E-state index in [0.29, 0.717) is 27.1 Å². The molecule has 0 saturated heterocycles. The van der Waals surface area contributed by atoms with Crippen molar-refractivity contribution in [2.75, 3.05) is 5.73 Å². The maximum atomic E-state index is 14.3. The molecule has 0 spiro atoms. The zero-order valence-corrected chi connectivity index (χ0v) is 13.9. The van der Waals surface area contributed by atoms with Gasteiger partial charge in [-0.05, 0) is 45.8 Å². The molecule has 0 bridgehead atoms. The number of nitrogens with zero attached hydrogens (tertiary/aromatic N) is 1. The number of benzene rings is 2. The summed E-state index contributed by atoms with van der Waals surface area (Å²) in [7, 11) is 0. The molecule has 0 atom stereocenters. The first-order chi connectivity index (χ1) is 10.1. The molecule has 3 rings (SSSR count). The molecule has 1 aromatic heterocycles. The highest BCUT2D eigenvalue weighted by Crippen LogP contribution is 2.37. The van der Waals surface area contributed by atoms with E-state index in [-0.39, 0.29) is 5.82 Å². The van der Waals surface area contributed by atoms with Gasteiger partial charge in [0.2, 0.25) is 0 Å². The van der Waals surface area contributed by atoms with Crippen LogP contribution in [0.3, 0.4) is 0 Å². The van der Waals surface area contributed by atoms with Gasteiger partial charge < -0.3 is 5.73 Å². The quantitative estimate of drug-likeness (QED) is 0.625. The van der Waals surface area contributed by atoms with Gasteiger partial charge in [0, 0.05) is 10.0 Å². The topological polar surface area (TPSA) is 54.7 Å². The number of nitrogens with one attached hydrogen (secondary N) is 1. The fourth-order valence-electron chi connectivity index (χ4n) is 2.16. The minimum atomic E-state index is -0.348. The van der Waals surface area contributed by atoms with Crippen LogP contribution in [-0.2, 0) is 0 Å². The molecule has 106 valence electrons. The molecule has 2 aromatic carbocycles. The van der Waals surface area contributed by atoms with Crippen molar-refractivity contribution in [2.45, 2.75) is 0 Å². The van der Waals surface area contributed by atoms with Crippen molar-refractivity contribution in [1.82, 2.24) is 10.2 Å². The number of halogens is 3. The zero-order valence-electron chi connectivity index (χ0n) is 10.7. The van der Waals surface area contributed by atoms with Gasteiger partial charge in [-0.15, -0.1) is 0 Å². The number of nitrogens with two attached hydrogens (primary N) is 1. The predicted octanol–water partition coefficient (Wildman–Crippen LogP) is 4.99. The summed E-state index contributed by atoms with van der Waals surface area (Å²) in [4.78, 5) is 0. The second-order valence-corrected chi connectivity index (χ2v) is 6.24. The molecule has 0 saturated carbocycles. The fraction of sp³-hybridized carbons (Fsp3) is 0. The highest BCUT2D eigenvalue weighted by molar-refractivity contribution is 9.10. The number of nitrogen functional groups attached to an aromatic ring is 1. The maximum Gasteiger partial charge on any atom is 0.153 e. The Bertz CT molecular complexity index is 797. The molecule has 3 nitrogen and oxygen atoms in total. The standard InChI is InChI=1S/C15H10Br2FN3/c16-9-6-4-8(5-7-9)12-14(20-21-15(12)19)10-2-1-3-11(17)13(10)18/h1-7H,(H3,19,20,21). The number of hydrogen-bond donors (Lipinski definition) is 2. The molecular weight excluding hydrogens is 401 g/mol. The van der Waals surface area contributed by atoms with Crippen LogP contribution in [0.1, 0.15) is 0 Å². The van der Waals surface area contributed by atoms with Crippen LogP contribution in [0.25, 0.3) is 22.4 Å². The van der Waals surface area contributed by atoms with Crippen LogP contribution in [0.4, 0.5) is 10.2 Å². The molecule has 0 aliphatic carbocycles. The summed E-state index contributed by atoms with van der Waals surface area (Å²) in [6, 6.07) is 12.7. The lowest BCUT2D eigenvalue weighted by atomic mass is 10.0. The average molecular weight is 411 g/mol. The number of rotatable bonds is 2. The number of anilines is 1. The normalized spacial score (nSPS) is 10.8. The molecule has 3 aromatic rings. The van der Waals surface area contributed by atoms with Crippen molar-refractivity contribution in [3.63, 3.8) is 0 Å². The summed E-state index contributed by atoms with van der Waals surface area (Å²) in [6.07, 6.45) is 0. The lowest BCUT2D eigenvalue weighted by molar-refractivity contribution is 0.624. The van der Waals surface area contributed by atoms with E-state index in [0.717, 1.165) is 10.0 Å². The molecule has 0 amide bonds. The molecule has 21 heavy (non-hydrogen) atoms. The largest absolute Gasteiger partial charge is 0.382 e. The Morgan fingerprint density at radius 2 is 1.76 bits per heavy atom. The molecule has 0 radical (unpaired) electrons. The summed E-state index contributed by atoms with van der Waals surface area (Å²) in [5.74, 6) is -0.00814. The van der Waals surface area contributed by atoms with Gasteiger partial charge in [-0.25, -0.2) is 4.39 Å². The monoisotopic (exact) mass is 409 g/mol. The summed E-state index contributed by atoms with van der Waals surface area (Å²) in [6.45, 7) is 0. The Morgan fingerprint density at radius 1 is 1.05 bits per heavy atom. The molecule has 3 N–H and O–H groups in total. The molecule has 0 unspecified atom stereocenters.